The summed E-state index contributed by atoms with van der Waals surface area (Å²) in [5.74, 6) is -0.504. The highest BCUT2D eigenvalue weighted by atomic mass is 19.1. The van der Waals surface area contributed by atoms with Crippen LogP contribution in [0.4, 0.5) is 4.39 Å². The molecule has 0 unspecified atom stereocenters. The maximum Gasteiger partial charge on any atom is 0.261 e. The summed E-state index contributed by atoms with van der Waals surface area (Å²) in [6, 6.07) is 10.8. The summed E-state index contributed by atoms with van der Waals surface area (Å²) in [6.07, 6.45) is 5.39. The average molecular weight is 474 g/mol. The second kappa shape index (κ2) is 8.45. The largest absolute Gasteiger partial charge is 0.356 e. The van der Waals surface area contributed by atoms with E-state index in [2.05, 4.69) is 5.16 Å². The molecule has 0 saturated heterocycles. The minimum Gasteiger partial charge on any atom is -0.356 e. The van der Waals surface area contributed by atoms with Gasteiger partial charge in [0.2, 0.25) is 0 Å². The normalized spacial score (nSPS) is 18.1. The van der Waals surface area contributed by atoms with Gasteiger partial charge in [0.25, 0.3) is 17.7 Å². The van der Waals surface area contributed by atoms with E-state index in [1.807, 2.05) is 0 Å². The van der Waals surface area contributed by atoms with Crippen LogP contribution in [0.5, 0.6) is 0 Å². The summed E-state index contributed by atoms with van der Waals surface area (Å²) in [5.41, 5.74) is 3.38. The minimum absolute atomic E-state index is 0.0571. The van der Waals surface area contributed by atoms with Crippen LogP contribution in [-0.4, -0.2) is 45.3 Å². The SMILES string of the molecule is O=C(c1ccc2c(c1)C(=O)N(C1CCCCC1)C2=O)N1CCc2c(noc2-c2ccc(F)cc2)C1. The molecule has 3 aromatic rings. The van der Waals surface area contributed by atoms with Gasteiger partial charge in [0, 0.05) is 29.3 Å². The van der Waals surface area contributed by atoms with Gasteiger partial charge in [-0.15, -0.1) is 0 Å². The van der Waals surface area contributed by atoms with Crippen LogP contribution in [0.25, 0.3) is 11.3 Å². The fourth-order valence-electron chi connectivity index (χ4n) is 5.48. The Kier molecular flexibility index (Phi) is 5.24. The standard InChI is InChI=1S/C27H24FN3O4/c28-18-9-6-16(7-10-18)24-21-12-13-30(15-23(21)29-35-24)25(32)17-8-11-20-22(14-17)27(34)31(26(20)33)19-4-2-1-3-5-19/h6-11,14,19H,1-5,12-13,15H2. The molecule has 0 radical (unpaired) electrons. The van der Waals surface area contributed by atoms with Gasteiger partial charge >= 0.3 is 0 Å². The number of hydrogen-bond donors (Lipinski definition) is 0. The number of aromatic nitrogens is 1. The molecule has 0 N–H and O–H groups in total. The van der Waals surface area contributed by atoms with Gasteiger partial charge < -0.3 is 9.42 Å². The fraction of sp³-hybridized carbons (Fsp3) is 0.333. The number of benzene rings is 2. The first-order chi connectivity index (χ1) is 17.0. The van der Waals surface area contributed by atoms with Gasteiger partial charge in [-0.2, -0.15) is 0 Å². The molecular weight excluding hydrogens is 449 g/mol. The minimum atomic E-state index is -0.324. The van der Waals surface area contributed by atoms with Gasteiger partial charge in [-0.05, 0) is 61.7 Å². The highest BCUT2D eigenvalue weighted by Crippen LogP contribution is 2.33. The molecule has 8 heteroatoms. The first-order valence-electron chi connectivity index (χ1n) is 12.1. The number of halogens is 1. The highest BCUT2D eigenvalue weighted by Gasteiger charge is 2.41. The molecule has 0 spiro atoms. The lowest BCUT2D eigenvalue weighted by Gasteiger charge is -2.29. The Labute approximate surface area is 201 Å². The van der Waals surface area contributed by atoms with E-state index in [9.17, 15) is 18.8 Å². The lowest BCUT2D eigenvalue weighted by Crippen LogP contribution is -2.40. The van der Waals surface area contributed by atoms with Crippen molar-refractivity contribution < 1.29 is 23.3 Å². The number of imide groups is 1. The third kappa shape index (κ3) is 3.64. The third-order valence-corrected chi connectivity index (χ3v) is 7.34. The van der Waals surface area contributed by atoms with E-state index in [4.69, 9.17) is 4.52 Å². The Morgan fingerprint density at radius 3 is 2.49 bits per heavy atom. The van der Waals surface area contributed by atoms with Crippen LogP contribution in [0.3, 0.4) is 0 Å². The highest BCUT2D eigenvalue weighted by molar-refractivity contribution is 6.22. The smallest absolute Gasteiger partial charge is 0.261 e. The third-order valence-electron chi connectivity index (χ3n) is 7.34. The van der Waals surface area contributed by atoms with E-state index >= 15 is 0 Å². The van der Waals surface area contributed by atoms with Crippen LogP contribution in [0.15, 0.2) is 47.0 Å². The van der Waals surface area contributed by atoms with Gasteiger partial charge in [0.05, 0.1) is 17.7 Å². The zero-order valence-corrected chi connectivity index (χ0v) is 19.1. The van der Waals surface area contributed by atoms with Crippen LogP contribution in [0.1, 0.15) is 74.4 Å². The van der Waals surface area contributed by atoms with Crippen molar-refractivity contribution >= 4 is 17.7 Å². The summed E-state index contributed by atoms with van der Waals surface area (Å²) < 4.78 is 18.8. The maximum atomic E-state index is 13.3. The average Bonchev–Trinajstić information content (AvgIpc) is 3.42. The number of nitrogens with zero attached hydrogens (tertiary/aromatic N) is 3. The van der Waals surface area contributed by atoms with Crippen molar-refractivity contribution in [2.24, 2.45) is 0 Å². The molecule has 3 amide bonds. The molecule has 2 aliphatic heterocycles. The molecule has 1 aromatic heterocycles. The predicted molar refractivity (Wildman–Crippen MR) is 124 cm³/mol. The van der Waals surface area contributed by atoms with Crippen molar-refractivity contribution in [3.05, 3.63) is 76.2 Å². The van der Waals surface area contributed by atoms with Crippen molar-refractivity contribution in [2.45, 2.75) is 51.1 Å². The summed E-state index contributed by atoms with van der Waals surface area (Å²) >= 11 is 0. The first kappa shape index (κ1) is 21.7. The Hall–Kier alpha value is -3.81. The molecule has 35 heavy (non-hydrogen) atoms. The van der Waals surface area contributed by atoms with Gasteiger partial charge in [-0.1, -0.05) is 24.4 Å². The molecule has 3 aliphatic rings. The van der Waals surface area contributed by atoms with Gasteiger partial charge in [-0.3, -0.25) is 19.3 Å². The van der Waals surface area contributed by atoms with Gasteiger partial charge in [0.15, 0.2) is 5.76 Å². The predicted octanol–water partition coefficient (Wildman–Crippen LogP) is 4.61. The van der Waals surface area contributed by atoms with E-state index in [1.165, 1.54) is 17.0 Å². The summed E-state index contributed by atoms with van der Waals surface area (Å²) in [7, 11) is 0. The topological polar surface area (TPSA) is 83.7 Å². The van der Waals surface area contributed by atoms with Crippen LogP contribution in [0.2, 0.25) is 0 Å². The number of hydrogen-bond acceptors (Lipinski definition) is 5. The summed E-state index contributed by atoms with van der Waals surface area (Å²) in [4.78, 5) is 42.4. The van der Waals surface area contributed by atoms with E-state index in [0.717, 1.165) is 43.2 Å². The number of rotatable bonds is 3. The molecule has 178 valence electrons. The first-order valence-corrected chi connectivity index (χ1v) is 12.1. The molecule has 0 bridgehead atoms. The number of fused-ring (bicyclic) bond motifs is 2. The molecule has 0 atom stereocenters. The summed E-state index contributed by atoms with van der Waals surface area (Å²) in [6.45, 7) is 0.733. The number of carbonyl (C=O) groups is 3. The van der Waals surface area contributed by atoms with Gasteiger partial charge in [-0.25, -0.2) is 4.39 Å². The zero-order valence-electron chi connectivity index (χ0n) is 19.1. The number of amides is 3. The van der Waals surface area contributed by atoms with Crippen molar-refractivity contribution in [3.8, 4) is 11.3 Å². The number of carbonyl (C=O) groups excluding carboxylic acids is 3. The fourth-order valence-corrected chi connectivity index (χ4v) is 5.48. The van der Waals surface area contributed by atoms with Crippen molar-refractivity contribution in [1.82, 2.24) is 15.0 Å². The molecule has 1 aliphatic carbocycles. The summed E-state index contributed by atoms with van der Waals surface area (Å²) in [5, 5.41) is 4.16. The van der Waals surface area contributed by atoms with E-state index < -0.39 is 0 Å². The Morgan fingerprint density at radius 1 is 0.971 bits per heavy atom. The quantitative estimate of drug-likeness (QED) is 0.519. The van der Waals surface area contributed by atoms with Crippen LogP contribution < -0.4 is 0 Å². The van der Waals surface area contributed by atoms with Crippen LogP contribution in [0, 0.1) is 5.82 Å². The zero-order chi connectivity index (χ0) is 24.1. The van der Waals surface area contributed by atoms with E-state index in [-0.39, 0.29) is 36.1 Å². The Balaban J connectivity index is 1.22. The lowest BCUT2D eigenvalue weighted by atomic mass is 9.94. The molecule has 6 rings (SSSR count). The van der Waals surface area contributed by atoms with Crippen LogP contribution >= 0.6 is 0 Å². The molecule has 2 aromatic carbocycles. The molecule has 1 saturated carbocycles. The monoisotopic (exact) mass is 473 g/mol. The second-order valence-corrected chi connectivity index (χ2v) is 9.45. The Morgan fingerprint density at radius 2 is 1.71 bits per heavy atom. The lowest BCUT2D eigenvalue weighted by molar-refractivity contribution is 0.0548. The van der Waals surface area contributed by atoms with Crippen molar-refractivity contribution in [2.75, 3.05) is 6.54 Å². The molecule has 7 nitrogen and oxygen atoms in total. The molecular formula is C27H24FN3O4. The Bertz CT molecular complexity index is 1340. The molecule has 3 heterocycles. The van der Waals surface area contributed by atoms with Crippen molar-refractivity contribution in [1.29, 1.82) is 0 Å². The van der Waals surface area contributed by atoms with E-state index in [1.54, 1.807) is 35.2 Å². The molecule has 1 fully saturated rings. The second-order valence-electron chi connectivity index (χ2n) is 9.45. The van der Waals surface area contributed by atoms with Crippen molar-refractivity contribution in [3.63, 3.8) is 0 Å². The van der Waals surface area contributed by atoms with Crippen LogP contribution in [-0.2, 0) is 13.0 Å². The van der Waals surface area contributed by atoms with Gasteiger partial charge in [0.1, 0.15) is 11.5 Å². The maximum absolute atomic E-state index is 13.3. The van der Waals surface area contributed by atoms with E-state index in [0.29, 0.717) is 41.1 Å².